The van der Waals surface area contributed by atoms with Crippen LogP contribution in [0.15, 0.2) is 42.9 Å². The van der Waals surface area contributed by atoms with Crippen molar-refractivity contribution in [3.8, 4) is 0 Å². The van der Waals surface area contributed by atoms with Gasteiger partial charge in [0.1, 0.15) is 6.33 Å². The lowest BCUT2D eigenvalue weighted by molar-refractivity contribution is 0.102. The number of nitrogens with one attached hydrogen (secondary N) is 1. The van der Waals surface area contributed by atoms with Gasteiger partial charge < -0.3 is 5.32 Å². The third kappa shape index (κ3) is 2.35. The molecule has 0 aliphatic rings. The zero-order chi connectivity index (χ0) is 14.1. The van der Waals surface area contributed by atoms with Crippen molar-refractivity contribution in [2.24, 2.45) is 0 Å². The van der Waals surface area contributed by atoms with Gasteiger partial charge in [0.15, 0.2) is 5.65 Å². The van der Waals surface area contributed by atoms with E-state index in [-0.39, 0.29) is 5.91 Å². The summed E-state index contributed by atoms with van der Waals surface area (Å²) in [6.07, 6.45) is 3.22. The number of pyridine rings is 1. The minimum atomic E-state index is -0.230. The van der Waals surface area contributed by atoms with Crippen LogP contribution in [0, 0.1) is 6.92 Å². The number of amides is 1. The van der Waals surface area contributed by atoms with Crippen molar-refractivity contribution in [2.45, 2.75) is 6.92 Å². The molecule has 0 saturated heterocycles. The van der Waals surface area contributed by atoms with Gasteiger partial charge in [-0.15, -0.1) is 10.2 Å². The first-order valence-corrected chi connectivity index (χ1v) is 6.38. The van der Waals surface area contributed by atoms with Gasteiger partial charge in [0.2, 0.25) is 0 Å². The minimum Gasteiger partial charge on any atom is -0.321 e. The highest BCUT2D eigenvalue weighted by atomic mass is 35.5. The van der Waals surface area contributed by atoms with Crippen molar-refractivity contribution in [3.05, 3.63) is 59.0 Å². The molecule has 0 aliphatic carbocycles. The molecule has 2 heterocycles. The molecule has 0 aliphatic heterocycles. The topological polar surface area (TPSA) is 59.3 Å². The Bertz CT molecular complexity index is 797. The lowest BCUT2D eigenvalue weighted by atomic mass is 10.2. The Kier molecular flexibility index (Phi) is 3.12. The molecule has 5 nitrogen and oxygen atoms in total. The van der Waals surface area contributed by atoms with E-state index in [0.29, 0.717) is 21.9 Å². The molecule has 0 radical (unpaired) electrons. The number of fused-ring (bicyclic) bond motifs is 1. The van der Waals surface area contributed by atoms with Crippen molar-refractivity contribution in [2.75, 3.05) is 5.32 Å². The van der Waals surface area contributed by atoms with Gasteiger partial charge in [0.25, 0.3) is 5.91 Å². The largest absolute Gasteiger partial charge is 0.321 e. The third-order valence-corrected chi connectivity index (χ3v) is 3.24. The fourth-order valence-corrected chi connectivity index (χ4v) is 2.16. The van der Waals surface area contributed by atoms with Gasteiger partial charge >= 0.3 is 0 Å². The lowest BCUT2D eigenvalue weighted by Crippen LogP contribution is -2.12. The second-order valence-corrected chi connectivity index (χ2v) is 4.86. The zero-order valence-corrected chi connectivity index (χ0v) is 11.4. The van der Waals surface area contributed by atoms with Crippen LogP contribution in [0.25, 0.3) is 5.65 Å². The Morgan fingerprint density at radius 1 is 1.30 bits per heavy atom. The standard InChI is InChI=1S/C14H11ClN4O/c1-9-2-4-12(11(15)6-9)17-14(20)10-3-5-13-18-16-8-19(13)7-10/h2-8H,1H3,(H,17,20). The number of carbonyl (C=O) groups is 1. The second-order valence-electron chi connectivity index (χ2n) is 4.45. The summed E-state index contributed by atoms with van der Waals surface area (Å²) in [6.45, 7) is 1.94. The molecule has 0 bridgehead atoms. The van der Waals surface area contributed by atoms with Crippen molar-refractivity contribution < 1.29 is 4.79 Å². The van der Waals surface area contributed by atoms with Gasteiger partial charge in [-0.3, -0.25) is 9.20 Å². The fraction of sp³-hybridized carbons (Fsp3) is 0.0714. The van der Waals surface area contributed by atoms with Gasteiger partial charge in [-0.2, -0.15) is 0 Å². The molecule has 0 saturated carbocycles. The Morgan fingerprint density at radius 2 is 2.15 bits per heavy atom. The Labute approximate surface area is 120 Å². The molecular formula is C14H11ClN4O. The van der Waals surface area contributed by atoms with E-state index in [4.69, 9.17) is 11.6 Å². The number of nitrogens with zero attached hydrogens (tertiary/aromatic N) is 3. The smallest absolute Gasteiger partial charge is 0.257 e. The van der Waals surface area contributed by atoms with Gasteiger partial charge in [0.05, 0.1) is 16.3 Å². The predicted molar refractivity (Wildman–Crippen MR) is 77.1 cm³/mol. The molecule has 3 aromatic rings. The molecule has 1 aromatic carbocycles. The van der Waals surface area contributed by atoms with Gasteiger partial charge in [-0.25, -0.2) is 0 Å². The maximum absolute atomic E-state index is 12.2. The maximum atomic E-state index is 12.2. The molecule has 20 heavy (non-hydrogen) atoms. The van der Waals surface area contributed by atoms with Crippen LogP contribution in [-0.2, 0) is 0 Å². The fourth-order valence-electron chi connectivity index (χ4n) is 1.88. The van der Waals surface area contributed by atoms with Crippen LogP contribution in [0.4, 0.5) is 5.69 Å². The third-order valence-electron chi connectivity index (χ3n) is 2.93. The molecule has 1 amide bonds. The van der Waals surface area contributed by atoms with E-state index in [1.165, 1.54) is 0 Å². The number of rotatable bonds is 2. The van der Waals surface area contributed by atoms with Crippen LogP contribution >= 0.6 is 11.6 Å². The number of aromatic nitrogens is 3. The summed E-state index contributed by atoms with van der Waals surface area (Å²) in [5, 5.41) is 11.0. The van der Waals surface area contributed by atoms with Crippen LogP contribution in [0.5, 0.6) is 0 Å². The van der Waals surface area contributed by atoms with Crippen LogP contribution in [0.3, 0.4) is 0 Å². The monoisotopic (exact) mass is 286 g/mol. The normalized spacial score (nSPS) is 10.7. The second kappa shape index (κ2) is 4.94. The van der Waals surface area contributed by atoms with E-state index >= 15 is 0 Å². The average Bonchev–Trinajstić information content (AvgIpc) is 2.89. The average molecular weight is 287 g/mol. The first-order chi connectivity index (χ1) is 9.63. The summed E-state index contributed by atoms with van der Waals surface area (Å²) in [6, 6.07) is 8.91. The number of hydrogen-bond donors (Lipinski definition) is 1. The Hall–Kier alpha value is -2.40. The summed E-state index contributed by atoms with van der Waals surface area (Å²) >= 11 is 6.10. The lowest BCUT2D eigenvalue weighted by Gasteiger charge is -2.08. The molecule has 0 fully saturated rings. The van der Waals surface area contributed by atoms with Gasteiger partial charge in [0, 0.05) is 6.20 Å². The predicted octanol–water partition coefficient (Wildman–Crippen LogP) is 2.94. The van der Waals surface area contributed by atoms with Gasteiger partial charge in [-0.05, 0) is 36.8 Å². The minimum absolute atomic E-state index is 0.230. The molecule has 3 rings (SSSR count). The van der Waals surface area contributed by atoms with Gasteiger partial charge in [-0.1, -0.05) is 17.7 Å². The number of aryl methyl sites for hydroxylation is 1. The van der Waals surface area contributed by atoms with E-state index in [1.54, 1.807) is 41.2 Å². The summed E-state index contributed by atoms with van der Waals surface area (Å²) in [5.41, 5.74) is 2.83. The van der Waals surface area contributed by atoms with E-state index in [9.17, 15) is 4.79 Å². The van der Waals surface area contributed by atoms with E-state index in [2.05, 4.69) is 15.5 Å². The molecule has 2 aromatic heterocycles. The van der Waals surface area contributed by atoms with Crippen molar-refractivity contribution >= 4 is 28.8 Å². The van der Waals surface area contributed by atoms with Crippen LogP contribution < -0.4 is 5.32 Å². The molecule has 1 N–H and O–H groups in total. The highest BCUT2D eigenvalue weighted by Gasteiger charge is 2.09. The number of benzene rings is 1. The molecular weight excluding hydrogens is 276 g/mol. The van der Waals surface area contributed by atoms with E-state index < -0.39 is 0 Å². The zero-order valence-electron chi connectivity index (χ0n) is 10.7. The molecule has 0 unspecified atom stereocenters. The van der Waals surface area contributed by atoms with E-state index in [1.807, 2.05) is 13.0 Å². The number of hydrogen-bond acceptors (Lipinski definition) is 3. The number of halogens is 1. The first kappa shape index (κ1) is 12.6. The first-order valence-electron chi connectivity index (χ1n) is 6.00. The van der Waals surface area contributed by atoms with Crippen LogP contribution in [-0.4, -0.2) is 20.5 Å². The van der Waals surface area contributed by atoms with Crippen molar-refractivity contribution in [1.82, 2.24) is 14.6 Å². The quantitative estimate of drug-likeness (QED) is 0.788. The summed E-state index contributed by atoms with van der Waals surface area (Å²) in [5.74, 6) is -0.230. The Balaban J connectivity index is 1.88. The van der Waals surface area contributed by atoms with Crippen LogP contribution in [0.2, 0.25) is 5.02 Å². The summed E-state index contributed by atoms with van der Waals surface area (Å²) in [7, 11) is 0. The van der Waals surface area contributed by atoms with Crippen molar-refractivity contribution in [1.29, 1.82) is 0 Å². The highest BCUT2D eigenvalue weighted by Crippen LogP contribution is 2.23. The molecule has 100 valence electrons. The highest BCUT2D eigenvalue weighted by molar-refractivity contribution is 6.34. The molecule has 6 heteroatoms. The van der Waals surface area contributed by atoms with Crippen molar-refractivity contribution in [3.63, 3.8) is 0 Å². The molecule has 0 spiro atoms. The molecule has 0 atom stereocenters. The Morgan fingerprint density at radius 3 is 2.95 bits per heavy atom. The van der Waals surface area contributed by atoms with Crippen LogP contribution in [0.1, 0.15) is 15.9 Å². The SMILES string of the molecule is Cc1ccc(NC(=O)c2ccc3nncn3c2)c(Cl)c1. The summed E-state index contributed by atoms with van der Waals surface area (Å²) in [4.78, 5) is 12.2. The number of anilines is 1. The number of carbonyl (C=O) groups excluding carboxylic acids is 1. The maximum Gasteiger partial charge on any atom is 0.257 e. The van der Waals surface area contributed by atoms with E-state index in [0.717, 1.165) is 5.56 Å². The summed E-state index contributed by atoms with van der Waals surface area (Å²) < 4.78 is 1.69.